The molecule has 0 amide bonds. The van der Waals surface area contributed by atoms with Gasteiger partial charge in [-0.05, 0) is 26.7 Å². The molecule has 2 heterocycles. The van der Waals surface area contributed by atoms with E-state index >= 15 is 0 Å². The molecule has 0 aliphatic carbocycles. The van der Waals surface area contributed by atoms with Crippen molar-refractivity contribution < 1.29 is 9.47 Å². The molecule has 0 bridgehead atoms. The van der Waals surface area contributed by atoms with Crippen LogP contribution in [0.1, 0.15) is 26.7 Å². The number of rotatable bonds is 7. The highest BCUT2D eigenvalue weighted by molar-refractivity contribution is 5.43. The van der Waals surface area contributed by atoms with Crippen molar-refractivity contribution >= 4 is 5.69 Å². The summed E-state index contributed by atoms with van der Waals surface area (Å²) in [6, 6.07) is 1.65. The Kier molecular flexibility index (Phi) is 5.55. The molecule has 1 aromatic rings. The SMILES string of the molecule is CCOC(Cn1ncc(N2CCCC2)cc1=O)OCC. The largest absolute Gasteiger partial charge is 0.370 e. The summed E-state index contributed by atoms with van der Waals surface area (Å²) >= 11 is 0. The minimum absolute atomic E-state index is 0.112. The molecule has 6 nitrogen and oxygen atoms in total. The number of hydrogen-bond acceptors (Lipinski definition) is 5. The molecule has 20 heavy (non-hydrogen) atoms. The molecule has 0 spiro atoms. The predicted molar refractivity (Wildman–Crippen MR) is 77.0 cm³/mol. The van der Waals surface area contributed by atoms with Crippen LogP contribution < -0.4 is 10.5 Å². The molecule has 1 aromatic heterocycles. The van der Waals surface area contributed by atoms with Gasteiger partial charge in [0.25, 0.3) is 5.56 Å². The lowest BCUT2D eigenvalue weighted by atomic mass is 10.4. The van der Waals surface area contributed by atoms with Crippen molar-refractivity contribution in [2.45, 2.75) is 39.5 Å². The molecular weight excluding hydrogens is 258 g/mol. The van der Waals surface area contributed by atoms with Gasteiger partial charge in [-0.1, -0.05) is 0 Å². The Morgan fingerprint density at radius 3 is 2.45 bits per heavy atom. The van der Waals surface area contributed by atoms with Crippen molar-refractivity contribution in [1.82, 2.24) is 9.78 Å². The fraction of sp³-hybridized carbons (Fsp3) is 0.714. The third-order valence-corrected chi connectivity index (χ3v) is 3.35. The Balaban J connectivity index is 2.06. The molecule has 0 saturated carbocycles. The van der Waals surface area contributed by atoms with Gasteiger partial charge in [-0.3, -0.25) is 4.79 Å². The zero-order chi connectivity index (χ0) is 14.4. The maximum absolute atomic E-state index is 12.1. The quantitative estimate of drug-likeness (QED) is 0.704. The second kappa shape index (κ2) is 7.40. The summed E-state index contributed by atoms with van der Waals surface area (Å²) in [6.45, 7) is 7.23. The molecule has 6 heteroatoms. The zero-order valence-corrected chi connectivity index (χ0v) is 12.2. The third kappa shape index (κ3) is 3.80. The summed E-state index contributed by atoms with van der Waals surface area (Å²) in [5.41, 5.74) is 0.798. The number of anilines is 1. The van der Waals surface area contributed by atoms with Crippen LogP contribution in [0.2, 0.25) is 0 Å². The summed E-state index contributed by atoms with van der Waals surface area (Å²) in [7, 11) is 0. The zero-order valence-electron chi connectivity index (χ0n) is 12.2. The molecular formula is C14H23N3O3. The van der Waals surface area contributed by atoms with Gasteiger partial charge in [0, 0.05) is 32.4 Å². The Labute approximate surface area is 119 Å². The van der Waals surface area contributed by atoms with Crippen LogP contribution in [-0.2, 0) is 16.0 Å². The molecule has 0 unspecified atom stereocenters. The van der Waals surface area contributed by atoms with Crippen LogP contribution in [0.15, 0.2) is 17.1 Å². The van der Waals surface area contributed by atoms with E-state index in [9.17, 15) is 4.79 Å². The van der Waals surface area contributed by atoms with Crippen LogP contribution in [0.4, 0.5) is 5.69 Å². The van der Waals surface area contributed by atoms with Crippen LogP contribution in [0.5, 0.6) is 0 Å². The van der Waals surface area contributed by atoms with E-state index in [0.717, 1.165) is 18.8 Å². The van der Waals surface area contributed by atoms with Crippen LogP contribution in [0, 0.1) is 0 Å². The summed E-state index contributed by atoms with van der Waals surface area (Å²) in [6.07, 6.45) is 3.69. The van der Waals surface area contributed by atoms with E-state index in [1.165, 1.54) is 17.5 Å². The highest BCUT2D eigenvalue weighted by atomic mass is 16.7. The van der Waals surface area contributed by atoms with Gasteiger partial charge in [-0.15, -0.1) is 0 Å². The van der Waals surface area contributed by atoms with Gasteiger partial charge in [0.1, 0.15) is 0 Å². The molecule has 1 fully saturated rings. The summed E-state index contributed by atoms with van der Waals surface area (Å²) in [4.78, 5) is 14.3. The van der Waals surface area contributed by atoms with E-state index in [1.54, 1.807) is 12.3 Å². The summed E-state index contributed by atoms with van der Waals surface area (Å²) in [5, 5.41) is 4.23. The topological polar surface area (TPSA) is 56.6 Å². The predicted octanol–water partition coefficient (Wildman–Crippen LogP) is 1.24. The van der Waals surface area contributed by atoms with E-state index in [4.69, 9.17) is 9.47 Å². The van der Waals surface area contributed by atoms with Crippen molar-refractivity contribution in [2.75, 3.05) is 31.2 Å². The Morgan fingerprint density at radius 1 is 1.25 bits per heavy atom. The first-order chi connectivity index (χ1) is 9.74. The van der Waals surface area contributed by atoms with Crippen LogP contribution in [-0.4, -0.2) is 42.4 Å². The lowest BCUT2D eigenvalue weighted by molar-refractivity contribution is -0.145. The van der Waals surface area contributed by atoms with Gasteiger partial charge < -0.3 is 14.4 Å². The van der Waals surface area contributed by atoms with Crippen molar-refractivity contribution in [3.8, 4) is 0 Å². The van der Waals surface area contributed by atoms with Gasteiger partial charge in [0.05, 0.1) is 18.4 Å². The number of nitrogens with zero attached hydrogens (tertiary/aromatic N) is 3. The number of ether oxygens (including phenoxy) is 2. The monoisotopic (exact) mass is 281 g/mol. The molecule has 1 saturated heterocycles. The first-order valence-corrected chi connectivity index (χ1v) is 7.30. The van der Waals surface area contributed by atoms with Gasteiger partial charge in [0.15, 0.2) is 6.29 Å². The van der Waals surface area contributed by atoms with Crippen LogP contribution in [0.3, 0.4) is 0 Å². The Morgan fingerprint density at radius 2 is 1.90 bits per heavy atom. The standard InChI is InChI=1S/C14H23N3O3/c1-3-19-14(20-4-2)11-17-13(18)9-12(10-15-17)16-7-5-6-8-16/h9-10,14H,3-8,11H2,1-2H3. The molecule has 0 atom stereocenters. The molecule has 0 N–H and O–H groups in total. The van der Waals surface area contributed by atoms with Crippen molar-refractivity contribution in [3.05, 3.63) is 22.6 Å². The first kappa shape index (κ1) is 15.0. The van der Waals surface area contributed by atoms with Gasteiger partial charge in [-0.25, -0.2) is 4.68 Å². The highest BCUT2D eigenvalue weighted by Crippen LogP contribution is 2.16. The van der Waals surface area contributed by atoms with Crippen molar-refractivity contribution in [1.29, 1.82) is 0 Å². The fourth-order valence-electron chi connectivity index (χ4n) is 2.38. The van der Waals surface area contributed by atoms with Crippen LogP contribution in [0.25, 0.3) is 0 Å². The lowest BCUT2D eigenvalue weighted by Crippen LogP contribution is -2.32. The smallest absolute Gasteiger partial charge is 0.268 e. The minimum atomic E-state index is -0.423. The van der Waals surface area contributed by atoms with E-state index < -0.39 is 6.29 Å². The minimum Gasteiger partial charge on any atom is -0.370 e. The van der Waals surface area contributed by atoms with Crippen molar-refractivity contribution in [2.24, 2.45) is 0 Å². The van der Waals surface area contributed by atoms with Gasteiger partial charge in [-0.2, -0.15) is 5.10 Å². The van der Waals surface area contributed by atoms with E-state index in [1.807, 2.05) is 13.8 Å². The van der Waals surface area contributed by atoms with Crippen LogP contribution >= 0.6 is 0 Å². The molecule has 0 radical (unpaired) electrons. The highest BCUT2D eigenvalue weighted by Gasteiger charge is 2.15. The molecule has 1 aliphatic rings. The third-order valence-electron chi connectivity index (χ3n) is 3.35. The fourth-order valence-corrected chi connectivity index (χ4v) is 2.38. The van der Waals surface area contributed by atoms with Crippen molar-refractivity contribution in [3.63, 3.8) is 0 Å². The Hall–Kier alpha value is -1.40. The second-order valence-corrected chi connectivity index (χ2v) is 4.77. The molecule has 0 aromatic carbocycles. The van der Waals surface area contributed by atoms with E-state index in [-0.39, 0.29) is 5.56 Å². The number of hydrogen-bond donors (Lipinski definition) is 0. The first-order valence-electron chi connectivity index (χ1n) is 7.30. The Bertz CT molecular complexity index is 463. The normalized spacial score (nSPS) is 15.2. The maximum Gasteiger partial charge on any atom is 0.268 e. The summed E-state index contributed by atoms with van der Waals surface area (Å²) < 4.78 is 12.3. The number of aromatic nitrogens is 2. The average Bonchev–Trinajstić information content (AvgIpc) is 2.95. The van der Waals surface area contributed by atoms with Gasteiger partial charge in [0.2, 0.25) is 0 Å². The van der Waals surface area contributed by atoms with E-state index in [0.29, 0.717) is 19.8 Å². The van der Waals surface area contributed by atoms with E-state index in [2.05, 4.69) is 10.00 Å². The molecule has 112 valence electrons. The maximum atomic E-state index is 12.1. The summed E-state index contributed by atoms with van der Waals surface area (Å²) in [5.74, 6) is 0. The van der Waals surface area contributed by atoms with Gasteiger partial charge >= 0.3 is 0 Å². The molecule has 2 rings (SSSR count). The lowest BCUT2D eigenvalue weighted by Gasteiger charge is -2.19. The average molecular weight is 281 g/mol. The second-order valence-electron chi connectivity index (χ2n) is 4.77. The molecule has 1 aliphatic heterocycles.